The Labute approximate surface area is 106 Å². The minimum absolute atomic E-state index is 0.0390. The monoisotopic (exact) mass is 270 g/mol. The maximum Gasteiger partial charge on any atom is 0.154 e. The Kier molecular flexibility index (Phi) is 3.97. The van der Waals surface area contributed by atoms with Gasteiger partial charge in [-0.05, 0) is 32.0 Å². The third-order valence-electron chi connectivity index (χ3n) is 2.81. The average molecular weight is 270 g/mol. The van der Waals surface area contributed by atoms with E-state index < -0.39 is 20.4 Å². The van der Waals surface area contributed by atoms with Gasteiger partial charge >= 0.3 is 0 Å². The van der Waals surface area contributed by atoms with Gasteiger partial charge in [-0.15, -0.1) is 0 Å². The van der Waals surface area contributed by atoms with E-state index in [2.05, 4.69) is 5.32 Å². The Morgan fingerprint density at radius 3 is 2.50 bits per heavy atom. The number of nitrogens with one attached hydrogen (secondary N) is 1. The van der Waals surface area contributed by atoms with Crippen molar-refractivity contribution >= 4 is 15.5 Å². The molecule has 0 aromatic heterocycles. The van der Waals surface area contributed by atoms with E-state index in [4.69, 9.17) is 5.26 Å². The van der Waals surface area contributed by atoms with E-state index in [-0.39, 0.29) is 12.1 Å². The molecule has 0 aliphatic carbocycles. The van der Waals surface area contributed by atoms with Gasteiger partial charge in [0.15, 0.2) is 9.84 Å². The Morgan fingerprint density at radius 1 is 1.44 bits per heavy atom. The summed E-state index contributed by atoms with van der Waals surface area (Å²) in [6.07, 6.45) is 1.16. The topological polar surface area (TPSA) is 70.0 Å². The maximum atomic E-state index is 13.3. The third-order valence-corrected chi connectivity index (χ3v) is 4.96. The molecule has 98 valence electrons. The number of halogens is 1. The van der Waals surface area contributed by atoms with E-state index in [1.165, 1.54) is 12.1 Å². The molecule has 4 nitrogen and oxygen atoms in total. The highest BCUT2D eigenvalue weighted by atomic mass is 32.2. The van der Waals surface area contributed by atoms with Gasteiger partial charge in [-0.3, -0.25) is 0 Å². The van der Waals surface area contributed by atoms with Crippen LogP contribution in [0.2, 0.25) is 0 Å². The number of hydrogen-bond acceptors (Lipinski definition) is 4. The summed E-state index contributed by atoms with van der Waals surface area (Å²) in [5.41, 5.74) is 0.408. The van der Waals surface area contributed by atoms with Gasteiger partial charge in [-0.2, -0.15) is 5.26 Å². The van der Waals surface area contributed by atoms with Crippen LogP contribution < -0.4 is 5.32 Å². The van der Waals surface area contributed by atoms with Crippen molar-refractivity contribution in [2.75, 3.05) is 18.1 Å². The van der Waals surface area contributed by atoms with Gasteiger partial charge in [-0.1, -0.05) is 0 Å². The van der Waals surface area contributed by atoms with E-state index in [0.717, 1.165) is 6.26 Å². The quantitative estimate of drug-likeness (QED) is 0.907. The maximum absolute atomic E-state index is 13.3. The fraction of sp³-hybridized carbons (Fsp3) is 0.417. The molecule has 18 heavy (non-hydrogen) atoms. The molecule has 0 bridgehead atoms. The van der Waals surface area contributed by atoms with Gasteiger partial charge in [0.25, 0.3) is 0 Å². The lowest BCUT2D eigenvalue weighted by atomic mass is 10.2. The van der Waals surface area contributed by atoms with Gasteiger partial charge in [0.1, 0.15) is 11.9 Å². The average Bonchev–Trinajstić information content (AvgIpc) is 2.25. The molecule has 0 amide bonds. The second-order valence-corrected chi connectivity index (χ2v) is 7.34. The van der Waals surface area contributed by atoms with Gasteiger partial charge in [-0.25, -0.2) is 12.8 Å². The molecule has 0 saturated carbocycles. The minimum Gasteiger partial charge on any atom is -0.383 e. The van der Waals surface area contributed by atoms with Crippen molar-refractivity contribution in [2.45, 2.75) is 18.6 Å². The number of anilines is 1. The summed E-state index contributed by atoms with van der Waals surface area (Å²) < 4.78 is 35.3. The van der Waals surface area contributed by atoms with Crippen LogP contribution in [0.5, 0.6) is 0 Å². The normalized spacial score (nSPS) is 11.9. The van der Waals surface area contributed by atoms with Gasteiger partial charge in [0, 0.05) is 18.5 Å². The van der Waals surface area contributed by atoms with Crippen LogP contribution in [0.3, 0.4) is 0 Å². The summed E-state index contributed by atoms with van der Waals surface area (Å²) in [5, 5.41) is 11.4. The summed E-state index contributed by atoms with van der Waals surface area (Å²) in [6.45, 7) is 3.35. The molecule has 0 radical (unpaired) electrons. The molecule has 0 aliphatic heterocycles. The highest BCUT2D eigenvalue weighted by molar-refractivity contribution is 7.92. The smallest absolute Gasteiger partial charge is 0.154 e. The van der Waals surface area contributed by atoms with Crippen molar-refractivity contribution in [3.63, 3.8) is 0 Å². The van der Waals surface area contributed by atoms with E-state index in [0.29, 0.717) is 5.69 Å². The number of sulfone groups is 1. The molecule has 1 rings (SSSR count). The van der Waals surface area contributed by atoms with Crippen LogP contribution in [-0.4, -0.2) is 26.0 Å². The molecule has 0 spiro atoms. The second-order valence-electron chi connectivity index (χ2n) is 4.69. The van der Waals surface area contributed by atoms with Crippen molar-refractivity contribution in [2.24, 2.45) is 0 Å². The van der Waals surface area contributed by atoms with Crippen molar-refractivity contribution in [1.82, 2.24) is 0 Å². The minimum atomic E-state index is -3.20. The van der Waals surface area contributed by atoms with Gasteiger partial charge < -0.3 is 5.32 Å². The number of nitriles is 1. The Bertz CT molecular complexity index is 589. The fourth-order valence-electron chi connectivity index (χ4n) is 1.16. The first-order valence-corrected chi connectivity index (χ1v) is 7.19. The lowest BCUT2D eigenvalue weighted by Crippen LogP contribution is -2.38. The second kappa shape index (κ2) is 4.94. The SMILES string of the molecule is CC(C)(CNc1ccc(C#N)c(F)c1)S(C)(=O)=O. The third kappa shape index (κ3) is 3.20. The van der Waals surface area contributed by atoms with Crippen LogP contribution in [-0.2, 0) is 9.84 Å². The molecule has 1 aromatic rings. The summed E-state index contributed by atoms with van der Waals surface area (Å²) >= 11 is 0. The van der Waals surface area contributed by atoms with Crippen molar-refractivity contribution in [3.8, 4) is 6.07 Å². The van der Waals surface area contributed by atoms with Gasteiger partial charge in [0.05, 0.1) is 10.3 Å². The lowest BCUT2D eigenvalue weighted by Gasteiger charge is -2.23. The van der Waals surface area contributed by atoms with E-state index in [1.807, 2.05) is 0 Å². The van der Waals surface area contributed by atoms with Crippen LogP contribution in [0.25, 0.3) is 0 Å². The number of benzene rings is 1. The summed E-state index contributed by atoms with van der Waals surface area (Å²) in [7, 11) is -3.20. The molecule has 1 N–H and O–H groups in total. The fourth-order valence-corrected chi connectivity index (χ4v) is 1.50. The largest absolute Gasteiger partial charge is 0.383 e. The zero-order valence-electron chi connectivity index (χ0n) is 10.5. The molecule has 0 fully saturated rings. The number of rotatable bonds is 4. The molecule has 6 heteroatoms. The predicted octanol–water partition coefficient (Wildman–Crippen LogP) is 1.93. The summed E-state index contributed by atoms with van der Waals surface area (Å²) in [5.74, 6) is -0.625. The van der Waals surface area contributed by atoms with Crippen LogP contribution in [0, 0.1) is 17.1 Å². The van der Waals surface area contributed by atoms with Gasteiger partial charge in [0.2, 0.25) is 0 Å². The van der Waals surface area contributed by atoms with Crippen LogP contribution in [0.15, 0.2) is 18.2 Å². The van der Waals surface area contributed by atoms with Crippen molar-refractivity contribution in [3.05, 3.63) is 29.6 Å². The molecule has 0 unspecified atom stereocenters. The lowest BCUT2D eigenvalue weighted by molar-refractivity contribution is 0.560. The summed E-state index contributed by atoms with van der Waals surface area (Å²) in [6, 6.07) is 5.79. The summed E-state index contributed by atoms with van der Waals surface area (Å²) in [4.78, 5) is 0. The van der Waals surface area contributed by atoms with Crippen LogP contribution in [0.4, 0.5) is 10.1 Å². The Balaban J connectivity index is 2.83. The molecule has 1 aromatic carbocycles. The standard InChI is InChI=1S/C12H15FN2O2S/c1-12(2,18(3,16)17)8-15-10-5-4-9(7-14)11(13)6-10/h4-6,15H,8H2,1-3H3. The molecule has 0 aliphatic rings. The highest BCUT2D eigenvalue weighted by Gasteiger charge is 2.29. The first-order valence-electron chi connectivity index (χ1n) is 5.30. The first-order chi connectivity index (χ1) is 8.17. The van der Waals surface area contributed by atoms with E-state index in [1.54, 1.807) is 26.0 Å². The molecular formula is C12H15FN2O2S. The molecule has 0 heterocycles. The van der Waals surface area contributed by atoms with E-state index >= 15 is 0 Å². The zero-order valence-corrected chi connectivity index (χ0v) is 11.3. The molecule has 0 atom stereocenters. The Morgan fingerprint density at radius 2 is 2.06 bits per heavy atom. The van der Waals surface area contributed by atoms with Crippen LogP contribution in [0.1, 0.15) is 19.4 Å². The predicted molar refractivity (Wildman–Crippen MR) is 68.5 cm³/mol. The van der Waals surface area contributed by atoms with Crippen molar-refractivity contribution in [1.29, 1.82) is 5.26 Å². The highest BCUT2D eigenvalue weighted by Crippen LogP contribution is 2.18. The molecular weight excluding hydrogens is 255 g/mol. The number of nitrogens with zero attached hydrogens (tertiary/aromatic N) is 1. The first kappa shape index (κ1) is 14.5. The van der Waals surface area contributed by atoms with Crippen molar-refractivity contribution < 1.29 is 12.8 Å². The van der Waals surface area contributed by atoms with E-state index in [9.17, 15) is 12.8 Å². The Hall–Kier alpha value is -1.61. The van der Waals surface area contributed by atoms with Crippen LogP contribution >= 0.6 is 0 Å². The molecule has 0 saturated heterocycles. The number of hydrogen-bond donors (Lipinski definition) is 1. The zero-order chi connectivity index (χ0) is 14.0.